The molecule has 1 atom stereocenters. The molecule has 1 aromatic heterocycles. The minimum atomic E-state index is -4.75. The van der Waals surface area contributed by atoms with Gasteiger partial charge in [-0.25, -0.2) is 0 Å². The van der Waals surface area contributed by atoms with Gasteiger partial charge in [-0.3, -0.25) is 0 Å². The van der Waals surface area contributed by atoms with Crippen molar-refractivity contribution >= 4 is 24.6 Å². The molecule has 0 amide bonds. The van der Waals surface area contributed by atoms with Crippen LogP contribution in [0.15, 0.2) is 83.7 Å². The van der Waals surface area contributed by atoms with Crippen molar-refractivity contribution in [2.45, 2.75) is 38.6 Å². The van der Waals surface area contributed by atoms with Crippen molar-refractivity contribution in [3.05, 3.63) is 84.9 Å². The summed E-state index contributed by atoms with van der Waals surface area (Å²) in [5.41, 5.74) is 5.53. The molecule has 0 aliphatic carbocycles. The Balaban J connectivity index is 1.46. The number of aromatic nitrogens is 1. The first kappa shape index (κ1) is 24.7. The number of nitrogens with zero attached hydrogens (tertiary/aromatic N) is 2. The quantitative estimate of drug-likeness (QED) is 0.294. The van der Waals surface area contributed by atoms with Gasteiger partial charge >= 0.3 is 214 Å². The summed E-state index contributed by atoms with van der Waals surface area (Å²) >= 11 is 0. The second kappa shape index (κ2) is 10.2. The molecule has 0 unspecified atom stereocenters. The predicted octanol–water partition coefficient (Wildman–Crippen LogP) is 6.81. The molecule has 0 saturated heterocycles. The van der Waals surface area contributed by atoms with E-state index in [-0.39, 0.29) is 11.8 Å². The fourth-order valence-corrected chi connectivity index (χ4v) is 4.69. The molecule has 2 heterocycles. The summed E-state index contributed by atoms with van der Waals surface area (Å²) in [4.78, 5) is 6.03. The van der Waals surface area contributed by atoms with E-state index in [1.807, 2.05) is 42.5 Å². The van der Waals surface area contributed by atoms with E-state index < -0.39 is 6.36 Å². The monoisotopic (exact) mass is 502 g/mol. The zero-order chi connectivity index (χ0) is 26.0. The third kappa shape index (κ3) is 5.71. The predicted molar refractivity (Wildman–Crippen MR) is 140 cm³/mol. The number of alkyl halides is 3. The summed E-state index contributed by atoms with van der Waals surface area (Å²) < 4.78 is 47.8. The average molecular weight is 502 g/mol. The summed E-state index contributed by atoms with van der Waals surface area (Å²) in [5.74, 6) is 0.390. The molecule has 0 fully saturated rings. The maximum absolute atomic E-state index is 12.8. The van der Waals surface area contributed by atoms with Crippen LogP contribution in [0.2, 0.25) is 0 Å². The molecule has 187 valence electrons. The van der Waals surface area contributed by atoms with Crippen LogP contribution in [0, 0.1) is 0 Å². The molecular weight excluding hydrogens is 478 g/mol. The number of halogens is 3. The molecule has 5 nitrogen and oxygen atoms in total. The second-order valence-electron chi connectivity index (χ2n) is 8.99. The van der Waals surface area contributed by atoms with Gasteiger partial charge in [-0.1, -0.05) is 0 Å². The number of nitrogens with one attached hydrogen (secondary N) is 1. The number of aryl methyl sites for hydroxylation is 1. The Bertz CT molecular complexity index is 1410. The molecule has 1 radical (unpaired) electrons. The van der Waals surface area contributed by atoms with Gasteiger partial charge in [0.1, 0.15) is 0 Å². The molecule has 4 aromatic rings. The van der Waals surface area contributed by atoms with Crippen LogP contribution in [0.5, 0.6) is 5.75 Å². The molecule has 1 aliphatic heterocycles. The van der Waals surface area contributed by atoms with E-state index in [1.54, 1.807) is 18.3 Å². The van der Waals surface area contributed by atoms with Gasteiger partial charge in [0.25, 0.3) is 0 Å². The van der Waals surface area contributed by atoms with Gasteiger partial charge in [0.15, 0.2) is 0 Å². The van der Waals surface area contributed by atoms with Gasteiger partial charge in [-0.2, -0.15) is 0 Å². The van der Waals surface area contributed by atoms with E-state index >= 15 is 0 Å². The zero-order valence-corrected chi connectivity index (χ0v) is 20.1. The molecule has 3 aromatic carbocycles. The van der Waals surface area contributed by atoms with Crippen molar-refractivity contribution in [1.29, 1.82) is 0 Å². The van der Waals surface area contributed by atoms with Crippen LogP contribution in [0.25, 0.3) is 22.5 Å². The summed E-state index contributed by atoms with van der Waals surface area (Å²) in [6.07, 6.45) is 1.08. The van der Waals surface area contributed by atoms with E-state index in [0.717, 1.165) is 47.3 Å². The molecule has 0 bridgehead atoms. The van der Waals surface area contributed by atoms with Crippen LogP contribution in [-0.4, -0.2) is 30.6 Å². The fourth-order valence-electron chi connectivity index (χ4n) is 4.69. The number of benzene rings is 3. The van der Waals surface area contributed by atoms with E-state index in [9.17, 15) is 13.2 Å². The zero-order valence-electron chi connectivity index (χ0n) is 20.1. The van der Waals surface area contributed by atoms with E-state index in [4.69, 9.17) is 11.9 Å². The standard InChI is InChI=1S/C28H24BF3N3O2/c1-18-5-2-6-19-11-12-21(20-7-4-10-24(14-20)37-28(30,31)32)15-25(19)35(18)27(29)34-23-9-3-8-22(13-23)26-16-33-17-36-26/h3-4,7-18,34H,2,5-6H2,1H3/t18-/m1/s1. The molecule has 1 aliphatic rings. The van der Waals surface area contributed by atoms with Crippen molar-refractivity contribution in [3.63, 3.8) is 0 Å². The van der Waals surface area contributed by atoms with Crippen molar-refractivity contribution in [2.24, 2.45) is 0 Å². The van der Waals surface area contributed by atoms with Gasteiger partial charge in [0.2, 0.25) is 0 Å². The summed E-state index contributed by atoms with van der Waals surface area (Å²) in [5, 5.41) is 3.32. The van der Waals surface area contributed by atoms with Crippen LogP contribution in [0.1, 0.15) is 25.3 Å². The van der Waals surface area contributed by atoms with Gasteiger partial charge in [-0.05, 0) is 0 Å². The number of hydrogen-bond acceptors (Lipinski definition) is 5. The molecule has 9 heteroatoms. The first-order valence-electron chi connectivity index (χ1n) is 11.9. The molecule has 0 saturated carbocycles. The van der Waals surface area contributed by atoms with Crippen molar-refractivity contribution < 1.29 is 22.3 Å². The number of oxazole rings is 1. The first-order chi connectivity index (χ1) is 17.8. The number of ether oxygens (including phenoxy) is 1. The van der Waals surface area contributed by atoms with E-state index in [2.05, 4.69) is 26.9 Å². The maximum atomic E-state index is 12.8. The van der Waals surface area contributed by atoms with E-state index in [0.29, 0.717) is 17.0 Å². The fraction of sp³-hybridized carbons (Fsp3) is 0.214. The van der Waals surface area contributed by atoms with Gasteiger partial charge in [0, 0.05) is 0 Å². The Labute approximate surface area is 214 Å². The Hall–Kier alpha value is -4.01. The Morgan fingerprint density at radius 3 is 2.62 bits per heavy atom. The molecular formula is C28H24BF3N3O2. The van der Waals surface area contributed by atoms with Crippen molar-refractivity contribution in [1.82, 2.24) is 4.98 Å². The SMILES string of the molecule is [B]=C(Nc1cccc(-c2cnco2)c1)N1c2cc(-c3cccc(OC(F)(F)F)c3)ccc2CCC[C@H]1C. The van der Waals surface area contributed by atoms with Gasteiger partial charge in [-0.15, -0.1) is 0 Å². The van der Waals surface area contributed by atoms with Crippen LogP contribution >= 0.6 is 0 Å². The first-order valence-corrected chi connectivity index (χ1v) is 11.9. The van der Waals surface area contributed by atoms with Crippen LogP contribution in [-0.2, 0) is 6.42 Å². The molecule has 5 rings (SSSR count). The van der Waals surface area contributed by atoms with Gasteiger partial charge in [0.05, 0.1) is 0 Å². The van der Waals surface area contributed by atoms with Crippen LogP contribution in [0.4, 0.5) is 24.5 Å². The third-order valence-corrected chi connectivity index (χ3v) is 6.37. The normalized spacial score (nSPS) is 15.5. The van der Waals surface area contributed by atoms with Gasteiger partial charge < -0.3 is 0 Å². The number of rotatable bonds is 6. The molecule has 37 heavy (non-hydrogen) atoms. The summed E-state index contributed by atoms with van der Waals surface area (Å²) in [6.45, 7) is 2.11. The Morgan fingerprint density at radius 1 is 1.05 bits per heavy atom. The molecule has 1 N–H and O–H groups in total. The van der Waals surface area contributed by atoms with Crippen LogP contribution < -0.4 is 15.0 Å². The Kier molecular flexibility index (Phi) is 6.78. The van der Waals surface area contributed by atoms with Crippen molar-refractivity contribution in [2.75, 3.05) is 10.2 Å². The van der Waals surface area contributed by atoms with Crippen molar-refractivity contribution in [3.8, 4) is 28.2 Å². The topological polar surface area (TPSA) is 50.5 Å². The average Bonchev–Trinajstić information content (AvgIpc) is 3.34. The molecule has 0 spiro atoms. The number of hydrogen-bond donors (Lipinski definition) is 1. The second-order valence-corrected chi connectivity index (χ2v) is 8.99. The van der Waals surface area contributed by atoms with Crippen LogP contribution in [0.3, 0.4) is 0 Å². The number of anilines is 2. The summed E-state index contributed by atoms with van der Waals surface area (Å²) in [7, 11) is 6.66. The third-order valence-electron chi connectivity index (χ3n) is 6.37. The minimum absolute atomic E-state index is 0.0985. The Morgan fingerprint density at radius 2 is 1.84 bits per heavy atom. The van der Waals surface area contributed by atoms with E-state index in [1.165, 1.54) is 18.5 Å². The number of fused-ring (bicyclic) bond motifs is 1. The summed E-state index contributed by atoms with van der Waals surface area (Å²) in [6, 6.07) is 19.7.